The highest BCUT2D eigenvalue weighted by Gasteiger charge is 2.06. The van der Waals surface area contributed by atoms with E-state index in [1.807, 2.05) is 49.4 Å². The average molecular weight is 303 g/mol. The zero-order chi connectivity index (χ0) is 13.0. The molecule has 0 atom stereocenters. The highest BCUT2D eigenvalue weighted by Crippen LogP contribution is 2.14. The molecule has 0 heterocycles. The predicted molar refractivity (Wildman–Crippen MR) is 78.0 cm³/mol. The van der Waals surface area contributed by atoms with Crippen molar-refractivity contribution < 1.29 is 4.79 Å². The first-order valence-corrected chi connectivity index (χ1v) is 6.79. The smallest absolute Gasteiger partial charge is 0.163 e. The molecule has 0 aliphatic rings. The Kier molecular flexibility index (Phi) is 4.32. The lowest BCUT2D eigenvalue weighted by Crippen LogP contribution is -2.01. The maximum Gasteiger partial charge on any atom is 0.163 e. The van der Waals surface area contributed by atoms with Gasteiger partial charge in [0.1, 0.15) is 0 Å². The molecule has 0 aromatic heterocycles. The molecule has 0 saturated heterocycles. The number of carbonyl (C=O) groups excluding carboxylic acids is 1. The molecule has 0 radical (unpaired) electrons. The summed E-state index contributed by atoms with van der Waals surface area (Å²) in [6, 6.07) is 15.9. The number of carbonyl (C=O) groups is 1. The summed E-state index contributed by atoms with van der Waals surface area (Å²) in [6.45, 7) is 2.01. The van der Waals surface area contributed by atoms with E-state index in [1.165, 1.54) is 5.56 Å². The lowest BCUT2D eigenvalue weighted by Gasteiger charge is -2.03. The first-order chi connectivity index (χ1) is 8.65. The SMILES string of the molecule is Cc1cccc(C(=O)CCc2cccc(Br)c2)c1. The van der Waals surface area contributed by atoms with Gasteiger partial charge in [-0.15, -0.1) is 0 Å². The van der Waals surface area contributed by atoms with E-state index >= 15 is 0 Å². The topological polar surface area (TPSA) is 17.1 Å². The highest BCUT2D eigenvalue weighted by atomic mass is 79.9. The van der Waals surface area contributed by atoms with Gasteiger partial charge in [0.15, 0.2) is 5.78 Å². The van der Waals surface area contributed by atoms with Crippen molar-refractivity contribution >= 4 is 21.7 Å². The predicted octanol–water partition coefficient (Wildman–Crippen LogP) is 4.57. The minimum atomic E-state index is 0.207. The van der Waals surface area contributed by atoms with Crippen LogP contribution in [0, 0.1) is 6.92 Å². The van der Waals surface area contributed by atoms with E-state index in [9.17, 15) is 4.79 Å². The third-order valence-electron chi connectivity index (χ3n) is 2.87. The standard InChI is InChI=1S/C16H15BrO/c1-12-4-2-6-14(10-12)16(18)9-8-13-5-3-7-15(17)11-13/h2-7,10-11H,8-9H2,1H3. The van der Waals surface area contributed by atoms with E-state index in [2.05, 4.69) is 22.0 Å². The molecule has 0 unspecified atom stereocenters. The van der Waals surface area contributed by atoms with Crippen LogP contribution in [0.4, 0.5) is 0 Å². The molecule has 2 aromatic rings. The summed E-state index contributed by atoms with van der Waals surface area (Å²) < 4.78 is 1.06. The lowest BCUT2D eigenvalue weighted by atomic mass is 10.0. The molecule has 0 aliphatic heterocycles. The van der Waals surface area contributed by atoms with Crippen molar-refractivity contribution in [1.82, 2.24) is 0 Å². The molecule has 0 fully saturated rings. The first kappa shape index (κ1) is 13.0. The van der Waals surface area contributed by atoms with Crippen molar-refractivity contribution in [3.05, 3.63) is 69.7 Å². The minimum absolute atomic E-state index is 0.207. The van der Waals surface area contributed by atoms with E-state index in [4.69, 9.17) is 0 Å². The van der Waals surface area contributed by atoms with Gasteiger partial charge in [0.05, 0.1) is 0 Å². The van der Waals surface area contributed by atoms with Crippen LogP contribution in [0.25, 0.3) is 0 Å². The first-order valence-electron chi connectivity index (χ1n) is 5.99. The summed E-state index contributed by atoms with van der Waals surface area (Å²) in [5.41, 5.74) is 3.12. The summed E-state index contributed by atoms with van der Waals surface area (Å²) in [4.78, 5) is 12.0. The fourth-order valence-corrected chi connectivity index (χ4v) is 2.36. The summed E-state index contributed by atoms with van der Waals surface area (Å²) in [5.74, 6) is 0.207. The van der Waals surface area contributed by atoms with Gasteiger partial charge in [-0.25, -0.2) is 0 Å². The third kappa shape index (κ3) is 3.54. The Labute approximate surface area is 116 Å². The second-order valence-electron chi connectivity index (χ2n) is 4.42. The second-order valence-corrected chi connectivity index (χ2v) is 5.34. The quantitative estimate of drug-likeness (QED) is 0.756. The van der Waals surface area contributed by atoms with Gasteiger partial charge >= 0.3 is 0 Å². The summed E-state index contributed by atoms with van der Waals surface area (Å²) in [5, 5.41) is 0. The Hall–Kier alpha value is -1.41. The summed E-state index contributed by atoms with van der Waals surface area (Å²) in [6.07, 6.45) is 1.34. The number of hydrogen-bond donors (Lipinski definition) is 0. The van der Waals surface area contributed by atoms with Crippen LogP contribution in [-0.2, 0) is 6.42 Å². The zero-order valence-corrected chi connectivity index (χ0v) is 11.9. The molecule has 0 aliphatic carbocycles. The number of rotatable bonds is 4. The van der Waals surface area contributed by atoms with Crippen LogP contribution in [0.5, 0.6) is 0 Å². The van der Waals surface area contributed by atoms with Gasteiger partial charge in [0.2, 0.25) is 0 Å². The molecular weight excluding hydrogens is 288 g/mol. The largest absolute Gasteiger partial charge is 0.294 e. The van der Waals surface area contributed by atoms with Gasteiger partial charge in [0, 0.05) is 16.5 Å². The van der Waals surface area contributed by atoms with Crippen LogP contribution in [0.2, 0.25) is 0 Å². The molecule has 2 rings (SSSR count). The van der Waals surface area contributed by atoms with Crippen molar-refractivity contribution in [3.8, 4) is 0 Å². The van der Waals surface area contributed by atoms with E-state index in [0.29, 0.717) is 6.42 Å². The van der Waals surface area contributed by atoms with Crippen LogP contribution >= 0.6 is 15.9 Å². The number of ketones is 1. The fraction of sp³-hybridized carbons (Fsp3) is 0.188. The van der Waals surface area contributed by atoms with E-state index in [0.717, 1.165) is 22.0 Å². The highest BCUT2D eigenvalue weighted by molar-refractivity contribution is 9.10. The monoisotopic (exact) mass is 302 g/mol. The molecule has 0 amide bonds. The van der Waals surface area contributed by atoms with Crippen molar-refractivity contribution in [1.29, 1.82) is 0 Å². The second kappa shape index (κ2) is 5.96. The van der Waals surface area contributed by atoms with Crippen LogP contribution in [0.15, 0.2) is 53.0 Å². The van der Waals surface area contributed by atoms with Crippen molar-refractivity contribution in [2.75, 3.05) is 0 Å². The molecule has 0 N–H and O–H groups in total. The lowest BCUT2D eigenvalue weighted by molar-refractivity contribution is 0.0983. The van der Waals surface area contributed by atoms with Gasteiger partial charge in [-0.1, -0.05) is 51.8 Å². The molecule has 18 heavy (non-hydrogen) atoms. The molecular formula is C16H15BrO. The van der Waals surface area contributed by atoms with Crippen LogP contribution in [-0.4, -0.2) is 5.78 Å². The van der Waals surface area contributed by atoms with Crippen LogP contribution in [0.3, 0.4) is 0 Å². The Balaban J connectivity index is 2.00. The molecule has 1 nitrogen and oxygen atoms in total. The van der Waals surface area contributed by atoms with Gasteiger partial charge < -0.3 is 0 Å². The molecule has 0 bridgehead atoms. The maximum absolute atomic E-state index is 12.0. The maximum atomic E-state index is 12.0. The Morgan fingerprint density at radius 2 is 1.89 bits per heavy atom. The van der Waals surface area contributed by atoms with E-state index < -0.39 is 0 Å². The average Bonchev–Trinajstić information content (AvgIpc) is 2.36. The number of aryl methyl sites for hydroxylation is 2. The third-order valence-corrected chi connectivity index (χ3v) is 3.36. The molecule has 0 saturated carbocycles. The number of Topliss-reactive ketones (excluding diaryl/α,β-unsaturated/α-hetero) is 1. The van der Waals surface area contributed by atoms with Gasteiger partial charge in [-0.05, 0) is 37.1 Å². The number of hydrogen-bond acceptors (Lipinski definition) is 1. The molecule has 2 aromatic carbocycles. The molecule has 0 spiro atoms. The minimum Gasteiger partial charge on any atom is -0.294 e. The van der Waals surface area contributed by atoms with Crippen molar-refractivity contribution in [2.24, 2.45) is 0 Å². The number of benzene rings is 2. The van der Waals surface area contributed by atoms with Gasteiger partial charge in [0.25, 0.3) is 0 Å². The van der Waals surface area contributed by atoms with Gasteiger partial charge in [-0.2, -0.15) is 0 Å². The van der Waals surface area contributed by atoms with Crippen molar-refractivity contribution in [2.45, 2.75) is 19.8 Å². The normalized spacial score (nSPS) is 10.3. The Morgan fingerprint density at radius 3 is 2.61 bits per heavy atom. The van der Waals surface area contributed by atoms with E-state index in [1.54, 1.807) is 0 Å². The molecule has 92 valence electrons. The fourth-order valence-electron chi connectivity index (χ4n) is 1.91. The Bertz CT molecular complexity index is 561. The van der Waals surface area contributed by atoms with Crippen LogP contribution in [0.1, 0.15) is 27.9 Å². The van der Waals surface area contributed by atoms with Gasteiger partial charge in [-0.3, -0.25) is 4.79 Å². The van der Waals surface area contributed by atoms with Crippen LogP contribution < -0.4 is 0 Å². The molecule has 2 heteroatoms. The summed E-state index contributed by atoms with van der Waals surface area (Å²) >= 11 is 3.44. The van der Waals surface area contributed by atoms with E-state index in [-0.39, 0.29) is 5.78 Å². The zero-order valence-electron chi connectivity index (χ0n) is 10.3. The number of halogens is 1. The van der Waals surface area contributed by atoms with Crippen molar-refractivity contribution in [3.63, 3.8) is 0 Å². The summed E-state index contributed by atoms with van der Waals surface area (Å²) in [7, 11) is 0. The Morgan fingerprint density at radius 1 is 1.11 bits per heavy atom.